The minimum Gasteiger partial charge on any atom is -0.466 e. The summed E-state index contributed by atoms with van der Waals surface area (Å²) in [5, 5.41) is 22.9. The van der Waals surface area contributed by atoms with E-state index in [1.54, 1.807) is 6.08 Å². The van der Waals surface area contributed by atoms with Crippen LogP contribution in [0.4, 0.5) is 0 Å². The van der Waals surface area contributed by atoms with Gasteiger partial charge in [0.05, 0.1) is 25.4 Å². The maximum Gasteiger partial charge on any atom is 0.305 e. The van der Waals surface area contributed by atoms with Gasteiger partial charge in [-0.15, -0.1) is 0 Å². The van der Waals surface area contributed by atoms with Crippen LogP contribution in [0.15, 0.2) is 48.6 Å². The number of unbranched alkanes of at least 4 members (excludes halogenated alkanes) is 38. The van der Waals surface area contributed by atoms with Crippen LogP contribution < -0.4 is 5.32 Å². The smallest absolute Gasteiger partial charge is 0.305 e. The molecule has 0 aromatic carbocycles. The zero-order valence-corrected chi connectivity index (χ0v) is 45.3. The number of aliphatic hydroxyl groups excluding tert-OH is 2. The molecule has 0 spiro atoms. The summed E-state index contributed by atoms with van der Waals surface area (Å²) in [5.41, 5.74) is 0. The lowest BCUT2D eigenvalue weighted by molar-refractivity contribution is -0.143. The summed E-state index contributed by atoms with van der Waals surface area (Å²) < 4.78 is 5.48. The summed E-state index contributed by atoms with van der Waals surface area (Å²) in [4.78, 5) is 24.4. The van der Waals surface area contributed by atoms with E-state index in [2.05, 4.69) is 55.6 Å². The molecule has 6 heteroatoms. The predicted molar refractivity (Wildman–Crippen MR) is 296 cm³/mol. The van der Waals surface area contributed by atoms with Crippen molar-refractivity contribution in [3.63, 3.8) is 0 Å². The molecule has 0 rings (SSSR count). The average Bonchev–Trinajstić information content (AvgIpc) is 3.34. The van der Waals surface area contributed by atoms with Gasteiger partial charge in [-0.25, -0.2) is 0 Å². The normalized spacial score (nSPS) is 12.9. The van der Waals surface area contributed by atoms with Crippen molar-refractivity contribution in [3.05, 3.63) is 48.6 Å². The second kappa shape index (κ2) is 57.4. The van der Waals surface area contributed by atoms with Gasteiger partial charge in [0, 0.05) is 12.8 Å². The number of hydrogen-bond donors (Lipinski definition) is 3. The van der Waals surface area contributed by atoms with Gasteiger partial charge in [0.25, 0.3) is 0 Å². The van der Waals surface area contributed by atoms with Gasteiger partial charge in [-0.2, -0.15) is 0 Å². The SMILES string of the molecule is CCCCC/C=C\C/C=C\CCCCCCCC(=O)OCCCCCCCCCCCCCC/C=C\CCCCCCCCCCCCCC(=O)NC(CO)C(O)/C=C/CCCCCCCCC. The molecule has 0 aromatic rings. The van der Waals surface area contributed by atoms with Gasteiger partial charge in [-0.3, -0.25) is 9.59 Å². The Hall–Kier alpha value is -2.18. The second-order valence-electron chi connectivity index (χ2n) is 20.3. The third-order valence-corrected chi connectivity index (χ3v) is 13.6. The molecule has 0 radical (unpaired) electrons. The van der Waals surface area contributed by atoms with Crippen LogP contribution in [0.25, 0.3) is 0 Å². The summed E-state index contributed by atoms with van der Waals surface area (Å²) in [5.74, 6) is -0.0718. The van der Waals surface area contributed by atoms with Crippen molar-refractivity contribution in [1.82, 2.24) is 5.32 Å². The molecule has 0 aromatic heterocycles. The van der Waals surface area contributed by atoms with E-state index >= 15 is 0 Å². The Morgan fingerprint density at radius 2 is 0.735 bits per heavy atom. The van der Waals surface area contributed by atoms with Crippen molar-refractivity contribution in [2.24, 2.45) is 0 Å². The Labute approximate surface area is 423 Å². The minimum absolute atomic E-state index is 0.0000635. The molecule has 0 bridgehead atoms. The summed E-state index contributed by atoms with van der Waals surface area (Å²) >= 11 is 0. The first-order valence-electron chi connectivity index (χ1n) is 29.9. The van der Waals surface area contributed by atoms with Gasteiger partial charge < -0.3 is 20.3 Å². The van der Waals surface area contributed by atoms with Crippen LogP contribution in [0.1, 0.15) is 309 Å². The van der Waals surface area contributed by atoms with Crippen molar-refractivity contribution >= 4 is 11.9 Å². The Balaban J connectivity index is 3.38. The molecule has 0 heterocycles. The number of aliphatic hydroxyl groups is 2. The van der Waals surface area contributed by atoms with Crippen LogP contribution in [0.3, 0.4) is 0 Å². The molecule has 0 saturated heterocycles. The fourth-order valence-corrected chi connectivity index (χ4v) is 8.95. The summed E-state index contributed by atoms with van der Waals surface area (Å²) in [7, 11) is 0. The fraction of sp³-hybridized carbons (Fsp3) is 0.839. The minimum atomic E-state index is -0.843. The van der Waals surface area contributed by atoms with Gasteiger partial charge in [0.15, 0.2) is 0 Å². The zero-order valence-electron chi connectivity index (χ0n) is 45.3. The summed E-state index contributed by atoms with van der Waals surface area (Å²) in [6, 6.07) is -0.627. The third-order valence-electron chi connectivity index (χ3n) is 13.6. The van der Waals surface area contributed by atoms with Crippen molar-refractivity contribution in [2.45, 2.75) is 321 Å². The van der Waals surface area contributed by atoms with Crippen LogP contribution >= 0.6 is 0 Å². The van der Waals surface area contributed by atoms with E-state index in [-0.39, 0.29) is 18.5 Å². The number of esters is 1. The fourth-order valence-electron chi connectivity index (χ4n) is 8.95. The van der Waals surface area contributed by atoms with E-state index in [9.17, 15) is 19.8 Å². The van der Waals surface area contributed by atoms with E-state index in [4.69, 9.17) is 4.74 Å². The van der Waals surface area contributed by atoms with Crippen LogP contribution in [0, 0.1) is 0 Å². The largest absolute Gasteiger partial charge is 0.466 e. The Bertz CT molecular complexity index is 1150. The zero-order chi connectivity index (χ0) is 49.3. The molecule has 0 saturated carbocycles. The van der Waals surface area contributed by atoms with E-state index in [0.29, 0.717) is 19.4 Å². The van der Waals surface area contributed by atoms with Crippen molar-refractivity contribution in [3.8, 4) is 0 Å². The monoisotopic (exact) mass is 954 g/mol. The van der Waals surface area contributed by atoms with Gasteiger partial charge >= 0.3 is 5.97 Å². The molecule has 6 nitrogen and oxygen atoms in total. The van der Waals surface area contributed by atoms with E-state index in [0.717, 1.165) is 51.4 Å². The lowest BCUT2D eigenvalue weighted by Crippen LogP contribution is -2.45. The number of rotatable bonds is 55. The summed E-state index contributed by atoms with van der Waals surface area (Å²) in [6.45, 7) is 4.84. The maximum atomic E-state index is 12.4. The molecule has 398 valence electrons. The van der Waals surface area contributed by atoms with Gasteiger partial charge in [0.1, 0.15) is 0 Å². The topological polar surface area (TPSA) is 95.9 Å². The maximum absolute atomic E-state index is 12.4. The van der Waals surface area contributed by atoms with Crippen LogP contribution in [-0.4, -0.2) is 47.4 Å². The Morgan fingerprint density at radius 1 is 0.412 bits per heavy atom. The predicted octanol–water partition coefficient (Wildman–Crippen LogP) is 18.6. The first-order valence-corrected chi connectivity index (χ1v) is 29.9. The molecular formula is C62H115NO5. The highest BCUT2D eigenvalue weighted by Crippen LogP contribution is 2.16. The lowest BCUT2D eigenvalue weighted by Gasteiger charge is -2.20. The molecular weight excluding hydrogens is 839 g/mol. The molecule has 3 N–H and O–H groups in total. The van der Waals surface area contributed by atoms with E-state index in [1.165, 1.54) is 231 Å². The highest BCUT2D eigenvalue weighted by Gasteiger charge is 2.18. The third kappa shape index (κ3) is 53.2. The lowest BCUT2D eigenvalue weighted by atomic mass is 10.0. The van der Waals surface area contributed by atoms with Crippen molar-refractivity contribution < 1.29 is 24.5 Å². The molecule has 1 amide bonds. The standard InChI is InChI=1S/C62H115NO5/c1-3-5-7-9-11-13-14-15-29-33-36-40-44-48-52-56-62(67)68-57-53-49-45-41-37-34-31-28-26-24-22-20-18-16-17-19-21-23-25-27-30-32-35-39-43-47-51-55-61(66)63-59(58-64)60(65)54-50-46-42-38-12-10-8-6-4-2/h11,13,15-17,29,50,54,59-60,64-65H,3-10,12,14,18-28,30-49,51-53,55-58H2,1-2H3,(H,63,66)/b13-11-,17-16-,29-15-,54-50+. The number of amides is 1. The average molecular weight is 955 g/mol. The highest BCUT2D eigenvalue weighted by atomic mass is 16.5. The van der Waals surface area contributed by atoms with E-state index < -0.39 is 12.1 Å². The molecule has 2 unspecified atom stereocenters. The number of carbonyl (C=O) groups excluding carboxylic acids is 2. The first-order chi connectivity index (χ1) is 33.5. The summed E-state index contributed by atoms with van der Waals surface area (Å²) in [6.07, 6.45) is 73.0. The highest BCUT2D eigenvalue weighted by molar-refractivity contribution is 5.76. The molecule has 0 fully saturated rings. The number of carbonyl (C=O) groups is 2. The van der Waals surface area contributed by atoms with Gasteiger partial charge in [-0.05, 0) is 89.9 Å². The molecule has 0 aliphatic rings. The van der Waals surface area contributed by atoms with Crippen molar-refractivity contribution in [1.29, 1.82) is 0 Å². The molecule has 0 aliphatic heterocycles. The number of nitrogens with one attached hydrogen (secondary N) is 1. The van der Waals surface area contributed by atoms with Gasteiger partial charge in [-0.1, -0.05) is 255 Å². The first kappa shape index (κ1) is 65.8. The number of allylic oxidation sites excluding steroid dienone is 7. The number of ether oxygens (including phenoxy) is 1. The molecule has 2 atom stereocenters. The second-order valence-corrected chi connectivity index (χ2v) is 20.3. The quantitative estimate of drug-likeness (QED) is 0.0321. The van der Waals surface area contributed by atoms with Gasteiger partial charge in [0.2, 0.25) is 5.91 Å². The Kier molecular flexibility index (Phi) is 55.6. The van der Waals surface area contributed by atoms with E-state index in [1.807, 2.05) is 6.08 Å². The number of hydrogen-bond acceptors (Lipinski definition) is 5. The van der Waals surface area contributed by atoms with Crippen molar-refractivity contribution in [2.75, 3.05) is 13.2 Å². The van der Waals surface area contributed by atoms with Crippen LogP contribution in [0.2, 0.25) is 0 Å². The molecule has 0 aliphatic carbocycles. The van der Waals surface area contributed by atoms with Crippen LogP contribution in [0.5, 0.6) is 0 Å². The Morgan fingerprint density at radius 3 is 1.16 bits per heavy atom. The molecule has 68 heavy (non-hydrogen) atoms. The van der Waals surface area contributed by atoms with Crippen LogP contribution in [-0.2, 0) is 14.3 Å².